The van der Waals surface area contributed by atoms with E-state index in [-0.39, 0.29) is 23.4 Å². The molecule has 0 unspecified atom stereocenters. The van der Waals surface area contributed by atoms with Gasteiger partial charge in [0.15, 0.2) is 0 Å². The maximum absolute atomic E-state index is 11.8. The van der Waals surface area contributed by atoms with Gasteiger partial charge in [0.2, 0.25) is 0 Å². The Morgan fingerprint density at radius 2 is 1.96 bits per heavy atom. The molecule has 0 fully saturated rings. The number of methoxy groups -OCH3 is 1. The van der Waals surface area contributed by atoms with Crippen LogP contribution in [0.15, 0.2) is 12.1 Å². The van der Waals surface area contributed by atoms with Crippen molar-refractivity contribution in [3.63, 3.8) is 0 Å². The Morgan fingerprint density at radius 3 is 2.50 bits per heavy atom. The Kier molecular flexibility index (Phi) is 7.14. The molecular weight excluding hydrogens is 340 g/mol. The van der Waals surface area contributed by atoms with E-state index < -0.39 is 22.6 Å². The minimum atomic E-state index is -0.666. The molecule has 0 radical (unpaired) electrons. The monoisotopic (exact) mass is 362 g/mol. The van der Waals surface area contributed by atoms with Gasteiger partial charge in [0.05, 0.1) is 17.6 Å². The number of nitro benzene ring substituents is 1. The molecule has 140 valence electrons. The van der Waals surface area contributed by atoms with E-state index in [0.29, 0.717) is 12.0 Å². The highest BCUT2D eigenvalue weighted by molar-refractivity contribution is 5.92. The first kappa shape index (κ1) is 21.0. The van der Waals surface area contributed by atoms with Crippen LogP contribution < -0.4 is 5.32 Å². The molecule has 1 aromatic carbocycles. The number of hydrogen-bond donors (Lipinski definition) is 1. The van der Waals surface area contributed by atoms with Crippen LogP contribution in [0, 0.1) is 28.9 Å². The van der Waals surface area contributed by atoms with Crippen LogP contribution in [0.5, 0.6) is 0 Å². The van der Waals surface area contributed by atoms with Crippen LogP contribution >= 0.6 is 0 Å². The predicted octanol–water partition coefficient (Wildman–Crippen LogP) is 2.96. The first-order chi connectivity index (χ1) is 12.0. The fourth-order valence-electron chi connectivity index (χ4n) is 1.99. The number of nitrogens with one attached hydrogen (secondary N) is 1. The summed E-state index contributed by atoms with van der Waals surface area (Å²) in [7, 11) is 1.20. The zero-order valence-electron chi connectivity index (χ0n) is 15.5. The molecule has 0 bridgehead atoms. The third kappa shape index (κ3) is 6.43. The summed E-state index contributed by atoms with van der Waals surface area (Å²) in [5.74, 6) is 4.88. The van der Waals surface area contributed by atoms with E-state index in [1.165, 1.54) is 26.2 Å². The standard InChI is InChI=1S/C18H22N2O6/c1-12-14(16(21)25-5)10-13(11-15(12)20(23)24)8-6-7-9-19-17(22)26-18(2,3)4/h10-11H,7,9H2,1-5H3,(H,19,22). The average Bonchev–Trinajstić information content (AvgIpc) is 2.52. The molecule has 1 rings (SSSR count). The van der Waals surface area contributed by atoms with E-state index >= 15 is 0 Å². The van der Waals surface area contributed by atoms with Crippen LogP contribution in [-0.2, 0) is 9.47 Å². The molecule has 26 heavy (non-hydrogen) atoms. The summed E-state index contributed by atoms with van der Waals surface area (Å²) in [5.41, 5.74) is -0.151. The zero-order valence-corrected chi connectivity index (χ0v) is 15.5. The van der Waals surface area contributed by atoms with Gasteiger partial charge in [-0.2, -0.15) is 0 Å². The van der Waals surface area contributed by atoms with Crippen molar-refractivity contribution in [2.75, 3.05) is 13.7 Å². The Bertz CT molecular complexity index is 768. The molecule has 1 amide bonds. The molecular formula is C18H22N2O6. The van der Waals surface area contributed by atoms with Crippen LogP contribution in [0.4, 0.5) is 10.5 Å². The molecule has 0 aliphatic heterocycles. The van der Waals surface area contributed by atoms with Crippen molar-refractivity contribution in [2.24, 2.45) is 0 Å². The largest absolute Gasteiger partial charge is 0.465 e. The topological polar surface area (TPSA) is 108 Å². The lowest BCUT2D eigenvalue weighted by atomic mass is 10.0. The second-order valence-electron chi connectivity index (χ2n) is 6.40. The second kappa shape index (κ2) is 8.85. The minimum Gasteiger partial charge on any atom is -0.465 e. The van der Waals surface area contributed by atoms with E-state index in [0.717, 1.165) is 0 Å². The first-order valence-corrected chi connectivity index (χ1v) is 7.88. The quantitative estimate of drug-likeness (QED) is 0.290. The molecule has 0 aromatic heterocycles. The van der Waals surface area contributed by atoms with Crippen molar-refractivity contribution in [3.8, 4) is 11.8 Å². The third-order valence-electron chi connectivity index (χ3n) is 3.13. The summed E-state index contributed by atoms with van der Waals surface area (Å²) < 4.78 is 9.73. The summed E-state index contributed by atoms with van der Waals surface area (Å²) in [5, 5.41) is 13.7. The van der Waals surface area contributed by atoms with Gasteiger partial charge in [0.1, 0.15) is 5.60 Å². The summed E-state index contributed by atoms with van der Waals surface area (Å²) in [6.07, 6.45) is -0.229. The number of benzene rings is 1. The van der Waals surface area contributed by atoms with E-state index in [9.17, 15) is 19.7 Å². The van der Waals surface area contributed by atoms with E-state index in [1.54, 1.807) is 20.8 Å². The van der Waals surface area contributed by atoms with E-state index in [2.05, 4.69) is 21.9 Å². The molecule has 0 saturated carbocycles. The van der Waals surface area contributed by atoms with Gasteiger partial charge in [-0.05, 0) is 33.8 Å². The lowest BCUT2D eigenvalue weighted by Crippen LogP contribution is -2.32. The molecule has 0 heterocycles. The van der Waals surface area contributed by atoms with Crippen LogP contribution in [0.1, 0.15) is 48.7 Å². The summed E-state index contributed by atoms with van der Waals surface area (Å²) in [6, 6.07) is 2.75. The van der Waals surface area contributed by atoms with E-state index in [1.807, 2.05) is 0 Å². The Hall–Kier alpha value is -3.08. The number of rotatable bonds is 4. The van der Waals surface area contributed by atoms with Crippen molar-refractivity contribution < 1.29 is 24.0 Å². The number of carbonyl (C=O) groups is 2. The number of esters is 1. The lowest BCUT2D eigenvalue weighted by Gasteiger charge is -2.19. The van der Waals surface area contributed by atoms with Gasteiger partial charge in [0, 0.05) is 30.2 Å². The zero-order chi connectivity index (χ0) is 19.9. The Labute approximate surface area is 152 Å². The van der Waals surface area contributed by atoms with Gasteiger partial charge >= 0.3 is 12.1 Å². The lowest BCUT2D eigenvalue weighted by molar-refractivity contribution is -0.385. The highest BCUT2D eigenvalue weighted by atomic mass is 16.6. The highest BCUT2D eigenvalue weighted by Crippen LogP contribution is 2.24. The fraction of sp³-hybridized carbons (Fsp3) is 0.444. The van der Waals surface area contributed by atoms with Crippen molar-refractivity contribution in [1.29, 1.82) is 0 Å². The van der Waals surface area contributed by atoms with Crippen molar-refractivity contribution in [1.82, 2.24) is 5.32 Å². The molecule has 1 aromatic rings. The predicted molar refractivity (Wildman–Crippen MR) is 94.9 cm³/mol. The van der Waals surface area contributed by atoms with Gasteiger partial charge in [0.25, 0.3) is 5.69 Å². The van der Waals surface area contributed by atoms with Gasteiger partial charge < -0.3 is 14.8 Å². The average molecular weight is 362 g/mol. The number of carbonyl (C=O) groups excluding carboxylic acids is 2. The minimum absolute atomic E-state index is 0.0953. The number of nitro groups is 1. The molecule has 0 spiro atoms. The van der Waals surface area contributed by atoms with Crippen molar-refractivity contribution in [2.45, 2.75) is 39.7 Å². The fourth-order valence-corrected chi connectivity index (χ4v) is 1.99. The molecule has 0 aliphatic carbocycles. The summed E-state index contributed by atoms with van der Waals surface area (Å²) in [6.45, 7) is 7.02. The number of nitrogens with zero attached hydrogens (tertiary/aromatic N) is 1. The molecule has 1 N–H and O–H groups in total. The molecule has 0 aliphatic rings. The first-order valence-electron chi connectivity index (χ1n) is 7.88. The third-order valence-corrected chi connectivity index (χ3v) is 3.13. The second-order valence-corrected chi connectivity index (χ2v) is 6.40. The number of hydrogen-bond acceptors (Lipinski definition) is 6. The molecule has 8 nitrogen and oxygen atoms in total. The van der Waals surface area contributed by atoms with Gasteiger partial charge in [-0.25, -0.2) is 9.59 Å². The number of amides is 1. The smallest absolute Gasteiger partial charge is 0.407 e. The van der Waals surface area contributed by atoms with E-state index in [4.69, 9.17) is 4.74 Å². The van der Waals surface area contributed by atoms with Gasteiger partial charge in [-0.3, -0.25) is 10.1 Å². The number of ether oxygens (including phenoxy) is 2. The van der Waals surface area contributed by atoms with Crippen LogP contribution in [-0.4, -0.2) is 36.2 Å². The van der Waals surface area contributed by atoms with Crippen LogP contribution in [0.25, 0.3) is 0 Å². The van der Waals surface area contributed by atoms with Crippen molar-refractivity contribution in [3.05, 3.63) is 38.9 Å². The molecule has 0 atom stereocenters. The summed E-state index contributed by atoms with van der Waals surface area (Å²) >= 11 is 0. The normalized spacial score (nSPS) is 10.3. The maximum atomic E-state index is 11.8. The van der Waals surface area contributed by atoms with Gasteiger partial charge in [-0.15, -0.1) is 0 Å². The van der Waals surface area contributed by atoms with Crippen LogP contribution in [0.3, 0.4) is 0 Å². The van der Waals surface area contributed by atoms with Gasteiger partial charge in [-0.1, -0.05) is 11.8 Å². The Balaban J connectivity index is 2.84. The molecule has 8 heteroatoms. The highest BCUT2D eigenvalue weighted by Gasteiger charge is 2.20. The summed E-state index contributed by atoms with van der Waals surface area (Å²) in [4.78, 5) is 33.8. The molecule has 0 saturated heterocycles. The Morgan fingerprint density at radius 1 is 1.31 bits per heavy atom. The SMILES string of the molecule is COC(=O)c1cc(C#CCCNC(=O)OC(C)(C)C)cc([N+](=O)[O-])c1C. The van der Waals surface area contributed by atoms with Crippen LogP contribution in [0.2, 0.25) is 0 Å². The number of alkyl carbamates (subject to hydrolysis) is 1. The van der Waals surface area contributed by atoms with Crippen molar-refractivity contribution >= 4 is 17.7 Å². The maximum Gasteiger partial charge on any atom is 0.407 e.